The van der Waals surface area contributed by atoms with E-state index in [1.165, 1.54) is 0 Å². The number of halogens is 1. The quantitative estimate of drug-likeness (QED) is 0.901. The second-order valence-corrected chi connectivity index (χ2v) is 3.99. The summed E-state index contributed by atoms with van der Waals surface area (Å²) in [5, 5.41) is 3.97. The molecule has 1 aromatic carbocycles. The molecule has 0 bridgehead atoms. The van der Waals surface area contributed by atoms with E-state index in [9.17, 15) is 0 Å². The average molecular weight is 249 g/mol. The summed E-state index contributed by atoms with van der Waals surface area (Å²) in [5.74, 6) is 0.781. The predicted molar refractivity (Wildman–Crippen MR) is 69.6 cm³/mol. The molecule has 0 spiro atoms. The fourth-order valence-electron chi connectivity index (χ4n) is 1.52. The zero-order valence-electron chi connectivity index (χ0n) is 9.48. The molecule has 1 N–H and O–H groups in total. The van der Waals surface area contributed by atoms with Gasteiger partial charge in [-0.3, -0.25) is 4.98 Å². The SMILES string of the molecule is COc1ccc(Cl)cc1NCc1ccncc1. The van der Waals surface area contributed by atoms with Crippen molar-refractivity contribution in [3.05, 3.63) is 53.3 Å². The maximum absolute atomic E-state index is 5.95. The van der Waals surface area contributed by atoms with Crippen molar-refractivity contribution in [3.63, 3.8) is 0 Å². The summed E-state index contributed by atoms with van der Waals surface area (Å²) < 4.78 is 5.26. The summed E-state index contributed by atoms with van der Waals surface area (Å²) in [6.45, 7) is 0.708. The standard InChI is InChI=1S/C13H13ClN2O/c1-17-13-3-2-11(14)8-12(13)16-9-10-4-6-15-7-5-10/h2-8,16H,9H2,1H3. The maximum Gasteiger partial charge on any atom is 0.142 e. The minimum atomic E-state index is 0.683. The Balaban J connectivity index is 2.11. The first-order valence-electron chi connectivity index (χ1n) is 5.26. The molecule has 0 aliphatic rings. The maximum atomic E-state index is 5.95. The minimum Gasteiger partial charge on any atom is -0.495 e. The summed E-state index contributed by atoms with van der Waals surface area (Å²) in [4.78, 5) is 3.97. The lowest BCUT2D eigenvalue weighted by Gasteiger charge is -2.11. The lowest BCUT2D eigenvalue weighted by Crippen LogP contribution is -2.01. The Morgan fingerprint density at radius 2 is 2.00 bits per heavy atom. The van der Waals surface area contributed by atoms with Gasteiger partial charge in [-0.2, -0.15) is 0 Å². The van der Waals surface area contributed by atoms with Crippen LogP contribution in [-0.4, -0.2) is 12.1 Å². The molecule has 0 fully saturated rings. The van der Waals surface area contributed by atoms with E-state index in [1.807, 2.05) is 24.3 Å². The summed E-state index contributed by atoms with van der Waals surface area (Å²) in [6, 6.07) is 9.42. The van der Waals surface area contributed by atoms with Crippen LogP contribution in [0, 0.1) is 0 Å². The smallest absolute Gasteiger partial charge is 0.142 e. The van der Waals surface area contributed by atoms with Crippen LogP contribution in [0.15, 0.2) is 42.7 Å². The summed E-state index contributed by atoms with van der Waals surface area (Å²) in [5.41, 5.74) is 2.04. The van der Waals surface area contributed by atoms with Crippen molar-refractivity contribution in [1.82, 2.24) is 4.98 Å². The van der Waals surface area contributed by atoms with Gasteiger partial charge in [0.25, 0.3) is 0 Å². The lowest BCUT2D eigenvalue weighted by molar-refractivity contribution is 0.416. The van der Waals surface area contributed by atoms with Crippen LogP contribution in [0.4, 0.5) is 5.69 Å². The van der Waals surface area contributed by atoms with E-state index in [-0.39, 0.29) is 0 Å². The zero-order chi connectivity index (χ0) is 12.1. The van der Waals surface area contributed by atoms with Crippen LogP contribution in [0.1, 0.15) is 5.56 Å². The number of anilines is 1. The lowest BCUT2D eigenvalue weighted by atomic mass is 10.2. The molecule has 0 radical (unpaired) electrons. The van der Waals surface area contributed by atoms with Crippen LogP contribution in [0.3, 0.4) is 0 Å². The molecule has 88 valence electrons. The van der Waals surface area contributed by atoms with Gasteiger partial charge >= 0.3 is 0 Å². The van der Waals surface area contributed by atoms with Crippen molar-refractivity contribution in [1.29, 1.82) is 0 Å². The molecule has 0 amide bonds. The number of nitrogens with one attached hydrogen (secondary N) is 1. The molecule has 1 heterocycles. The van der Waals surface area contributed by atoms with Crippen molar-refractivity contribution in [2.45, 2.75) is 6.54 Å². The number of benzene rings is 1. The molecule has 3 nitrogen and oxygen atoms in total. The Morgan fingerprint density at radius 1 is 1.24 bits per heavy atom. The normalized spacial score (nSPS) is 10.0. The van der Waals surface area contributed by atoms with Gasteiger partial charge in [-0.05, 0) is 35.9 Å². The highest BCUT2D eigenvalue weighted by Gasteiger charge is 2.03. The molecule has 0 saturated heterocycles. The van der Waals surface area contributed by atoms with E-state index in [1.54, 1.807) is 25.6 Å². The summed E-state index contributed by atoms with van der Waals surface area (Å²) in [7, 11) is 1.64. The largest absolute Gasteiger partial charge is 0.495 e. The Morgan fingerprint density at radius 3 is 2.71 bits per heavy atom. The number of ether oxygens (including phenoxy) is 1. The molecule has 4 heteroatoms. The van der Waals surface area contributed by atoms with Gasteiger partial charge in [0.15, 0.2) is 0 Å². The Bertz CT molecular complexity index is 488. The highest BCUT2D eigenvalue weighted by Crippen LogP contribution is 2.27. The van der Waals surface area contributed by atoms with Crippen LogP contribution in [0.2, 0.25) is 5.02 Å². The fraction of sp³-hybridized carbons (Fsp3) is 0.154. The minimum absolute atomic E-state index is 0.683. The van der Waals surface area contributed by atoms with Crippen LogP contribution in [-0.2, 0) is 6.54 Å². The summed E-state index contributed by atoms with van der Waals surface area (Å²) in [6.07, 6.45) is 3.54. The van der Waals surface area contributed by atoms with E-state index >= 15 is 0 Å². The van der Waals surface area contributed by atoms with Gasteiger partial charge in [-0.15, -0.1) is 0 Å². The van der Waals surface area contributed by atoms with Crippen molar-refractivity contribution >= 4 is 17.3 Å². The number of rotatable bonds is 4. The zero-order valence-corrected chi connectivity index (χ0v) is 10.2. The Hall–Kier alpha value is -1.74. The number of nitrogens with zero attached hydrogens (tertiary/aromatic N) is 1. The van der Waals surface area contributed by atoms with Gasteiger partial charge in [0.1, 0.15) is 5.75 Å². The first kappa shape index (κ1) is 11.7. The molecule has 0 unspecified atom stereocenters. The molecular formula is C13H13ClN2O. The second kappa shape index (κ2) is 5.55. The summed E-state index contributed by atoms with van der Waals surface area (Å²) >= 11 is 5.95. The van der Waals surface area contributed by atoms with Crippen molar-refractivity contribution in [3.8, 4) is 5.75 Å². The number of methoxy groups -OCH3 is 1. The third-order valence-corrected chi connectivity index (χ3v) is 2.63. The van der Waals surface area contributed by atoms with Crippen molar-refractivity contribution in [2.24, 2.45) is 0 Å². The number of aromatic nitrogens is 1. The van der Waals surface area contributed by atoms with Gasteiger partial charge in [-0.25, -0.2) is 0 Å². The van der Waals surface area contributed by atoms with Crippen LogP contribution in [0.25, 0.3) is 0 Å². The highest BCUT2D eigenvalue weighted by atomic mass is 35.5. The van der Waals surface area contributed by atoms with E-state index < -0.39 is 0 Å². The van der Waals surface area contributed by atoms with Crippen LogP contribution < -0.4 is 10.1 Å². The van der Waals surface area contributed by atoms with E-state index in [4.69, 9.17) is 16.3 Å². The average Bonchev–Trinajstić information content (AvgIpc) is 2.38. The van der Waals surface area contributed by atoms with Gasteiger partial charge in [0.2, 0.25) is 0 Å². The predicted octanol–water partition coefficient (Wildman–Crippen LogP) is 3.36. The molecule has 0 aliphatic heterocycles. The van der Waals surface area contributed by atoms with Crippen molar-refractivity contribution < 1.29 is 4.74 Å². The third kappa shape index (κ3) is 3.11. The molecule has 2 aromatic rings. The molecule has 0 atom stereocenters. The first-order chi connectivity index (χ1) is 8.29. The molecule has 0 saturated carbocycles. The monoisotopic (exact) mass is 248 g/mol. The van der Waals surface area contributed by atoms with Gasteiger partial charge < -0.3 is 10.1 Å². The van der Waals surface area contributed by atoms with Gasteiger partial charge in [-0.1, -0.05) is 11.6 Å². The second-order valence-electron chi connectivity index (χ2n) is 3.55. The molecule has 2 rings (SSSR count). The Labute approximate surface area is 105 Å². The number of hydrogen-bond acceptors (Lipinski definition) is 3. The van der Waals surface area contributed by atoms with Crippen molar-refractivity contribution in [2.75, 3.05) is 12.4 Å². The fourth-order valence-corrected chi connectivity index (χ4v) is 1.69. The topological polar surface area (TPSA) is 34.1 Å². The Kier molecular flexibility index (Phi) is 3.83. The first-order valence-corrected chi connectivity index (χ1v) is 5.63. The highest BCUT2D eigenvalue weighted by molar-refractivity contribution is 6.30. The van der Waals surface area contributed by atoms with E-state index in [0.29, 0.717) is 11.6 Å². The third-order valence-electron chi connectivity index (χ3n) is 2.39. The van der Waals surface area contributed by atoms with E-state index in [0.717, 1.165) is 17.0 Å². The van der Waals surface area contributed by atoms with E-state index in [2.05, 4.69) is 10.3 Å². The number of pyridine rings is 1. The van der Waals surface area contributed by atoms with Gasteiger partial charge in [0, 0.05) is 24.0 Å². The number of hydrogen-bond donors (Lipinski definition) is 1. The molecular weight excluding hydrogens is 236 g/mol. The molecule has 17 heavy (non-hydrogen) atoms. The van der Waals surface area contributed by atoms with Crippen LogP contribution in [0.5, 0.6) is 5.75 Å². The van der Waals surface area contributed by atoms with Gasteiger partial charge in [0.05, 0.1) is 12.8 Å². The molecule has 0 aliphatic carbocycles. The molecule has 1 aromatic heterocycles. The van der Waals surface area contributed by atoms with Crippen LogP contribution >= 0.6 is 11.6 Å².